The lowest BCUT2D eigenvalue weighted by Crippen LogP contribution is -2.00. The minimum absolute atomic E-state index is 0.0784. The highest BCUT2D eigenvalue weighted by Gasteiger charge is 2.10. The third-order valence-corrected chi connectivity index (χ3v) is 2.82. The molecule has 0 amide bonds. The highest BCUT2D eigenvalue weighted by molar-refractivity contribution is 5.99. The van der Waals surface area contributed by atoms with Crippen molar-refractivity contribution in [1.29, 1.82) is 0 Å². The Morgan fingerprint density at radius 2 is 2.12 bits per heavy atom. The summed E-state index contributed by atoms with van der Waals surface area (Å²) in [5, 5.41) is 9.99. The zero-order valence-corrected chi connectivity index (χ0v) is 9.53. The first-order chi connectivity index (χ1) is 7.67. The molecule has 0 fully saturated rings. The molecule has 3 nitrogen and oxygen atoms in total. The fraction of sp³-hybridized carbons (Fsp3) is 0.308. The topological polar surface area (TPSA) is 42.2 Å². The lowest BCUT2D eigenvalue weighted by atomic mass is 10.1. The molecule has 0 saturated carbocycles. The van der Waals surface area contributed by atoms with E-state index in [0.29, 0.717) is 12.1 Å². The molecule has 0 radical (unpaired) electrons. The molecule has 2 rings (SSSR count). The molecule has 3 heteroatoms. The second kappa shape index (κ2) is 4.10. The SMILES string of the molecule is Cc1cc(C)c2c(C=O)cn(CCO)c2c1. The van der Waals surface area contributed by atoms with Gasteiger partial charge in [-0.3, -0.25) is 4.79 Å². The average Bonchev–Trinajstić information content (AvgIpc) is 2.57. The summed E-state index contributed by atoms with van der Waals surface area (Å²) in [4.78, 5) is 11.0. The number of aliphatic hydroxyl groups is 1. The molecule has 0 saturated heterocycles. The summed E-state index contributed by atoms with van der Waals surface area (Å²) in [5.41, 5.74) is 3.99. The Kier molecular flexibility index (Phi) is 2.79. The number of aromatic nitrogens is 1. The van der Waals surface area contributed by atoms with Crippen molar-refractivity contribution in [3.63, 3.8) is 0 Å². The van der Waals surface area contributed by atoms with Crippen LogP contribution in [-0.2, 0) is 6.54 Å². The summed E-state index contributed by atoms with van der Waals surface area (Å²) < 4.78 is 1.93. The summed E-state index contributed by atoms with van der Waals surface area (Å²) in [7, 11) is 0. The van der Waals surface area contributed by atoms with Crippen LogP contribution in [0.1, 0.15) is 21.5 Å². The number of aryl methyl sites for hydroxylation is 2. The van der Waals surface area contributed by atoms with Crippen LogP contribution in [0, 0.1) is 13.8 Å². The van der Waals surface area contributed by atoms with Crippen LogP contribution in [0.25, 0.3) is 10.9 Å². The van der Waals surface area contributed by atoms with Crippen LogP contribution in [-0.4, -0.2) is 22.6 Å². The van der Waals surface area contributed by atoms with Crippen molar-refractivity contribution in [2.24, 2.45) is 0 Å². The van der Waals surface area contributed by atoms with E-state index < -0.39 is 0 Å². The Morgan fingerprint density at radius 3 is 2.75 bits per heavy atom. The second-order valence-electron chi connectivity index (χ2n) is 4.10. The lowest BCUT2D eigenvalue weighted by Gasteiger charge is -2.05. The number of nitrogens with zero attached hydrogens (tertiary/aromatic N) is 1. The van der Waals surface area contributed by atoms with Gasteiger partial charge in [0.15, 0.2) is 6.29 Å². The van der Waals surface area contributed by atoms with Gasteiger partial charge in [0.2, 0.25) is 0 Å². The van der Waals surface area contributed by atoms with Gasteiger partial charge in [-0.25, -0.2) is 0 Å². The zero-order valence-electron chi connectivity index (χ0n) is 9.53. The molecule has 2 aromatic rings. The summed E-state index contributed by atoms with van der Waals surface area (Å²) in [5.74, 6) is 0. The van der Waals surface area contributed by atoms with Crippen LogP contribution in [0.4, 0.5) is 0 Å². The number of fused-ring (bicyclic) bond motifs is 1. The Labute approximate surface area is 94.3 Å². The van der Waals surface area contributed by atoms with Gasteiger partial charge in [0.1, 0.15) is 0 Å². The molecule has 0 aliphatic rings. The van der Waals surface area contributed by atoms with Crippen molar-refractivity contribution in [3.05, 3.63) is 35.0 Å². The van der Waals surface area contributed by atoms with E-state index in [-0.39, 0.29) is 6.61 Å². The molecular formula is C13H15NO2. The van der Waals surface area contributed by atoms with E-state index in [1.54, 1.807) is 6.20 Å². The highest BCUT2D eigenvalue weighted by atomic mass is 16.3. The minimum Gasteiger partial charge on any atom is -0.395 e. The number of aldehydes is 1. The summed E-state index contributed by atoms with van der Waals surface area (Å²) in [6.07, 6.45) is 2.68. The van der Waals surface area contributed by atoms with Crippen LogP contribution < -0.4 is 0 Å². The predicted molar refractivity (Wildman–Crippen MR) is 63.9 cm³/mol. The van der Waals surface area contributed by atoms with Gasteiger partial charge in [0, 0.05) is 29.2 Å². The maximum Gasteiger partial charge on any atom is 0.152 e. The second-order valence-corrected chi connectivity index (χ2v) is 4.10. The number of aliphatic hydroxyl groups excluding tert-OH is 1. The maximum absolute atomic E-state index is 11.0. The highest BCUT2D eigenvalue weighted by Crippen LogP contribution is 2.25. The van der Waals surface area contributed by atoms with E-state index in [9.17, 15) is 4.79 Å². The molecule has 1 N–H and O–H groups in total. The largest absolute Gasteiger partial charge is 0.395 e. The van der Waals surface area contributed by atoms with Crippen LogP contribution >= 0.6 is 0 Å². The smallest absolute Gasteiger partial charge is 0.152 e. The molecule has 1 aromatic carbocycles. The quantitative estimate of drug-likeness (QED) is 0.800. The minimum atomic E-state index is 0.0784. The van der Waals surface area contributed by atoms with Crippen LogP contribution in [0.2, 0.25) is 0 Å². The van der Waals surface area contributed by atoms with Crippen molar-refractivity contribution >= 4 is 17.2 Å². The van der Waals surface area contributed by atoms with E-state index in [1.807, 2.05) is 24.5 Å². The van der Waals surface area contributed by atoms with E-state index in [4.69, 9.17) is 5.11 Å². The first kappa shape index (κ1) is 10.9. The summed E-state index contributed by atoms with van der Waals surface area (Å²) >= 11 is 0. The van der Waals surface area contributed by atoms with Gasteiger partial charge in [0.25, 0.3) is 0 Å². The van der Waals surface area contributed by atoms with Crippen LogP contribution in [0.15, 0.2) is 18.3 Å². The van der Waals surface area contributed by atoms with Gasteiger partial charge in [-0.15, -0.1) is 0 Å². The average molecular weight is 217 g/mol. The number of carbonyl (C=O) groups excluding carboxylic acids is 1. The molecule has 1 aromatic heterocycles. The van der Waals surface area contributed by atoms with Crippen LogP contribution in [0.5, 0.6) is 0 Å². The molecule has 0 aliphatic heterocycles. The Morgan fingerprint density at radius 1 is 1.38 bits per heavy atom. The number of hydrogen-bond acceptors (Lipinski definition) is 2. The van der Waals surface area contributed by atoms with Crippen molar-refractivity contribution in [2.75, 3.05) is 6.61 Å². The lowest BCUT2D eigenvalue weighted by molar-refractivity contribution is 0.112. The van der Waals surface area contributed by atoms with Crippen molar-refractivity contribution in [2.45, 2.75) is 20.4 Å². The Hall–Kier alpha value is -1.61. The molecule has 1 heterocycles. The monoisotopic (exact) mass is 217 g/mol. The van der Waals surface area contributed by atoms with E-state index >= 15 is 0 Å². The summed E-state index contributed by atoms with van der Waals surface area (Å²) in [6.45, 7) is 4.64. The van der Waals surface area contributed by atoms with Crippen molar-refractivity contribution in [1.82, 2.24) is 4.57 Å². The van der Waals surface area contributed by atoms with Gasteiger partial charge in [-0.1, -0.05) is 6.07 Å². The number of benzene rings is 1. The van der Waals surface area contributed by atoms with Crippen molar-refractivity contribution in [3.8, 4) is 0 Å². The van der Waals surface area contributed by atoms with Crippen LogP contribution in [0.3, 0.4) is 0 Å². The maximum atomic E-state index is 11.0. The zero-order chi connectivity index (χ0) is 11.7. The Balaban J connectivity index is 2.79. The molecule has 0 unspecified atom stereocenters. The number of carbonyl (C=O) groups is 1. The summed E-state index contributed by atoms with van der Waals surface area (Å²) in [6, 6.07) is 4.11. The molecule has 0 atom stereocenters. The Bertz CT molecular complexity index is 540. The first-order valence-corrected chi connectivity index (χ1v) is 5.33. The third-order valence-electron chi connectivity index (χ3n) is 2.82. The normalized spacial score (nSPS) is 10.9. The molecule has 0 spiro atoms. The van der Waals surface area contributed by atoms with Gasteiger partial charge in [-0.05, 0) is 31.0 Å². The van der Waals surface area contributed by atoms with Gasteiger partial charge in [-0.2, -0.15) is 0 Å². The molecule has 84 valence electrons. The fourth-order valence-corrected chi connectivity index (χ4v) is 2.23. The van der Waals surface area contributed by atoms with E-state index in [1.165, 1.54) is 5.56 Å². The van der Waals surface area contributed by atoms with Gasteiger partial charge in [0.05, 0.1) is 6.61 Å². The molecular weight excluding hydrogens is 202 g/mol. The van der Waals surface area contributed by atoms with Crippen molar-refractivity contribution < 1.29 is 9.90 Å². The molecule has 0 bridgehead atoms. The van der Waals surface area contributed by atoms with Gasteiger partial charge >= 0.3 is 0 Å². The third kappa shape index (κ3) is 1.63. The number of hydrogen-bond donors (Lipinski definition) is 1. The first-order valence-electron chi connectivity index (χ1n) is 5.33. The van der Waals surface area contributed by atoms with E-state index in [0.717, 1.165) is 22.8 Å². The molecule has 0 aliphatic carbocycles. The molecule has 16 heavy (non-hydrogen) atoms. The fourth-order valence-electron chi connectivity index (χ4n) is 2.23. The predicted octanol–water partition coefficient (Wildman–Crippen LogP) is 2.06. The standard InChI is InChI=1S/C13H15NO2/c1-9-5-10(2)13-11(8-16)7-14(3-4-15)12(13)6-9/h5-8,15H,3-4H2,1-2H3. The van der Waals surface area contributed by atoms with Gasteiger partial charge < -0.3 is 9.67 Å². The number of rotatable bonds is 3. The van der Waals surface area contributed by atoms with E-state index in [2.05, 4.69) is 6.07 Å².